The van der Waals surface area contributed by atoms with Crippen LogP contribution in [-0.4, -0.2) is 36.5 Å². The van der Waals surface area contributed by atoms with Crippen LogP contribution in [0.2, 0.25) is 0 Å². The van der Waals surface area contributed by atoms with E-state index < -0.39 is 29.0 Å². The molecule has 3 aliphatic rings. The van der Waals surface area contributed by atoms with Crippen LogP contribution in [0.1, 0.15) is 36.2 Å². The van der Waals surface area contributed by atoms with E-state index in [2.05, 4.69) is 0 Å². The van der Waals surface area contributed by atoms with E-state index in [9.17, 15) is 14.4 Å². The summed E-state index contributed by atoms with van der Waals surface area (Å²) < 4.78 is 33.6. The molecule has 0 saturated carbocycles. The monoisotopic (exact) mass is 458 g/mol. The van der Waals surface area contributed by atoms with Crippen LogP contribution in [0.4, 0.5) is 7.77 Å². The number of amides is 2. The fraction of sp³-hybridized carbons (Fsp3) is 0.182. The molecule has 1 aromatic heterocycles. The largest absolute Gasteiger partial charge is 0.388 e. The van der Waals surface area contributed by atoms with E-state index in [1.54, 1.807) is 54.6 Å². The smallest absolute Gasteiger partial charge is 0.330 e. The lowest BCUT2D eigenvalue weighted by Gasteiger charge is -2.25. The van der Waals surface area contributed by atoms with E-state index in [4.69, 9.17) is 4.84 Å². The van der Waals surface area contributed by atoms with E-state index in [-0.39, 0.29) is 31.4 Å². The van der Waals surface area contributed by atoms with Crippen molar-refractivity contribution in [2.24, 2.45) is 0 Å². The first-order chi connectivity index (χ1) is 15.4. The molecule has 1 fully saturated rings. The lowest BCUT2D eigenvalue weighted by atomic mass is 10.1. The van der Waals surface area contributed by atoms with Gasteiger partial charge in [0.25, 0.3) is 11.8 Å². The SMILES string of the molecule is O=C(CCc1ccc2n1S(F)(F)[N+]1=C(c3ccccc3)C=CC1=C2)ON1C(=O)CCC1=O. The maximum absolute atomic E-state index is 15.8. The normalized spacial score (nSPS) is 19.7. The van der Waals surface area contributed by atoms with E-state index in [0.29, 0.717) is 27.7 Å². The zero-order chi connectivity index (χ0) is 22.5. The molecule has 3 aliphatic heterocycles. The van der Waals surface area contributed by atoms with Crippen LogP contribution < -0.4 is 0 Å². The summed E-state index contributed by atoms with van der Waals surface area (Å²) in [4.78, 5) is 40.2. The first-order valence-electron chi connectivity index (χ1n) is 9.99. The number of hydrogen-bond donors (Lipinski definition) is 0. The van der Waals surface area contributed by atoms with Crippen molar-refractivity contribution in [2.45, 2.75) is 25.7 Å². The molecule has 32 heavy (non-hydrogen) atoms. The van der Waals surface area contributed by atoms with Crippen molar-refractivity contribution in [3.63, 3.8) is 0 Å². The third kappa shape index (κ3) is 3.27. The molecular formula is C22H18F2N3O4S+. The Morgan fingerprint density at radius 2 is 1.75 bits per heavy atom. The standard InChI is InChI=1S/C22H18F2N3O4S/c23-32(24)26-16(9-13-22(30)31-25-20(28)11-12-21(25)29)6-7-17(26)14-18-8-10-19(27(18)32)15-4-2-1-3-5-15/h1-8,10,14H,9,11-13H2/q+1. The Bertz CT molecular complexity index is 1230. The second kappa shape index (κ2) is 7.56. The molecule has 0 atom stereocenters. The maximum atomic E-state index is 15.8. The van der Waals surface area contributed by atoms with Gasteiger partial charge in [-0.2, -0.15) is 0 Å². The molecule has 0 N–H and O–H groups in total. The predicted molar refractivity (Wildman–Crippen MR) is 113 cm³/mol. The molecular weight excluding hydrogens is 440 g/mol. The molecule has 0 bridgehead atoms. The number of halogens is 2. The summed E-state index contributed by atoms with van der Waals surface area (Å²) in [6.45, 7) is 0. The van der Waals surface area contributed by atoms with Gasteiger partial charge < -0.3 is 4.84 Å². The van der Waals surface area contributed by atoms with Crippen molar-refractivity contribution >= 4 is 40.7 Å². The van der Waals surface area contributed by atoms with E-state index >= 15 is 7.77 Å². The Kier molecular flexibility index (Phi) is 4.81. The quantitative estimate of drug-likeness (QED) is 0.506. The number of fused-ring (bicyclic) bond motifs is 2. The second-order valence-electron chi connectivity index (χ2n) is 7.45. The molecule has 1 saturated heterocycles. The molecule has 0 radical (unpaired) electrons. The van der Waals surface area contributed by atoms with Gasteiger partial charge in [0.2, 0.25) is 11.4 Å². The first-order valence-corrected chi connectivity index (χ1v) is 11.3. The number of hydrogen-bond acceptors (Lipinski definition) is 4. The number of aryl methyl sites for hydroxylation is 1. The molecule has 0 unspecified atom stereocenters. The fourth-order valence-electron chi connectivity index (χ4n) is 3.92. The number of carbonyl (C=O) groups is 3. The minimum absolute atomic E-state index is 0.00725. The van der Waals surface area contributed by atoms with Crippen LogP contribution in [0.5, 0.6) is 0 Å². The highest BCUT2D eigenvalue weighted by atomic mass is 32.3. The van der Waals surface area contributed by atoms with Crippen molar-refractivity contribution in [2.75, 3.05) is 0 Å². The summed E-state index contributed by atoms with van der Waals surface area (Å²) in [7, 11) is 0. The maximum Gasteiger partial charge on any atom is 0.388 e. The molecule has 164 valence electrons. The van der Waals surface area contributed by atoms with Gasteiger partial charge in [-0.3, -0.25) is 9.59 Å². The highest BCUT2D eigenvalue weighted by molar-refractivity contribution is 8.18. The average Bonchev–Trinajstić information content (AvgIpc) is 3.47. The summed E-state index contributed by atoms with van der Waals surface area (Å²) in [5.74, 6) is -1.99. The molecule has 7 nitrogen and oxygen atoms in total. The molecule has 1 aromatic carbocycles. The molecule has 2 aromatic rings. The summed E-state index contributed by atoms with van der Waals surface area (Å²) in [6, 6.07) is 12.1. The van der Waals surface area contributed by atoms with E-state index in [1.807, 2.05) is 6.07 Å². The van der Waals surface area contributed by atoms with Crippen LogP contribution in [0.3, 0.4) is 0 Å². The van der Waals surface area contributed by atoms with Gasteiger partial charge in [-0.05, 0) is 30.7 Å². The lowest BCUT2D eigenvalue weighted by molar-refractivity contribution is -0.300. The highest BCUT2D eigenvalue weighted by Gasteiger charge is 2.50. The first kappa shape index (κ1) is 20.4. The van der Waals surface area contributed by atoms with Gasteiger partial charge in [0.1, 0.15) is 0 Å². The van der Waals surface area contributed by atoms with Gasteiger partial charge in [0.05, 0.1) is 12.1 Å². The zero-order valence-electron chi connectivity index (χ0n) is 16.7. The fourth-order valence-corrected chi connectivity index (χ4v) is 5.66. The number of rotatable bonds is 5. The summed E-state index contributed by atoms with van der Waals surface area (Å²) in [6.07, 6.45) is 4.74. The number of carbonyl (C=O) groups excluding carboxylic acids is 3. The Labute approximate surface area is 184 Å². The van der Waals surface area contributed by atoms with Crippen molar-refractivity contribution in [1.82, 2.24) is 9.04 Å². The molecule has 0 spiro atoms. The van der Waals surface area contributed by atoms with Crippen LogP contribution in [-0.2, 0) is 25.6 Å². The van der Waals surface area contributed by atoms with Gasteiger partial charge in [-0.1, -0.05) is 30.0 Å². The van der Waals surface area contributed by atoms with E-state index in [0.717, 1.165) is 7.95 Å². The van der Waals surface area contributed by atoms with Crippen molar-refractivity contribution < 1.29 is 31.0 Å². The highest BCUT2D eigenvalue weighted by Crippen LogP contribution is 2.60. The molecule has 10 heteroatoms. The Hall–Kier alpha value is -3.53. The Morgan fingerprint density at radius 1 is 1.03 bits per heavy atom. The zero-order valence-corrected chi connectivity index (χ0v) is 17.6. The van der Waals surface area contributed by atoms with Crippen molar-refractivity contribution in [3.8, 4) is 0 Å². The molecule has 2 amide bonds. The number of allylic oxidation sites excluding steroid dienone is 2. The Morgan fingerprint density at radius 3 is 2.47 bits per heavy atom. The summed E-state index contributed by atoms with van der Waals surface area (Å²) in [5.41, 5.74) is 2.12. The van der Waals surface area contributed by atoms with Crippen molar-refractivity contribution in [3.05, 3.63) is 77.3 Å². The number of benzene rings is 1. The molecule has 4 heterocycles. The number of hydroxylamine groups is 2. The molecule has 0 aliphatic carbocycles. The van der Waals surface area contributed by atoms with Crippen LogP contribution >= 0.6 is 11.2 Å². The van der Waals surface area contributed by atoms with Gasteiger partial charge in [-0.15, -0.1) is 5.06 Å². The number of imide groups is 1. The summed E-state index contributed by atoms with van der Waals surface area (Å²) in [5, 5.41) is 0.460. The van der Waals surface area contributed by atoms with Gasteiger partial charge in [-0.25, -0.2) is 8.77 Å². The van der Waals surface area contributed by atoms with Gasteiger partial charge in [0, 0.05) is 42.3 Å². The van der Waals surface area contributed by atoms with Gasteiger partial charge >= 0.3 is 17.1 Å². The third-order valence-electron chi connectivity index (χ3n) is 5.40. The minimum atomic E-state index is -4.48. The molecule has 5 rings (SSSR count). The number of nitrogens with zero attached hydrogens (tertiary/aromatic N) is 3. The second-order valence-corrected chi connectivity index (χ2v) is 9.02. The van der Waals surface area contributed by atoms with Gasteiger partial charge in [0.15, 0.2) is 0 Å². The predicted octanol–water partition coefficient (Wildman–Crippen LogP) is 3.71. The average molecular weight is 458 g/mol. The topological polar surface area (TPSA) is 71.6 Å². The van der Waals surface area contributed by atoms with Crippen LogP contribution in [0.15, 0.2) is 60.3 Å². The third-order valence-corrected chi connectivity index (χ3v) is 7.13. The number of aromatic nitrogens is 1. The van der Waals surface area contributed by atoms with Crippen LogP contribution in [0.25, 0.3) is 6.08 Å². The van der Waals surface area contributed by atoms with Crippen LogP contribution in [0, 0.1) is 0 Å². The minimum Gasteiger partial charge on any atom is -0.330 e. The Balaban J connectivity index is 1.41. The van der Waals surface area contributed by atoms with E-state index in [1.165, 1.54) is 0 Å². The van der Waals surface area contributed by atoms with Crippen molar-refractivity contribution in [1.29, 1.82) is 0 Å². The lowest BCUT2D eigenvalue weighted by Crippen LogP contribution is -2.32. The summed E-state index contributed by atoms with van der Waals surface area (Å²) >= 11 is -4.48.